The Morgan fingerprint density at radius 2 is 2.30 bits per heavy atom. The van der Waals surface area contributed by atoms with Gasteiger partial charge < -0.3 is 9.64 Å². The Morgan fingerprint density at radius 3 is 3.00 bits per heavy atom. The van der Waals surface area contributed by atoms with Gasteiger partial charge in [-0.2, -0.15) is 5.10 Å². The van der Waals surface area contributed by atoms with E-state index in [2.05, 4.69) is 20.2 Å². The van der Waals surface area contributed by atoms with Gasteiger partial charge in [0.15, 0.2) is 9.84 Å². The highest BCUT2D eigenvalue weighted by Gasteiger charge is 2.34. The molecular weight excluding hydrogens is 322 g/mol. The van der Waals surface area contributed by atoms with Gasteiger partial charge in [-0.25, -0.2) is 18.4 Å². The van der Waals surface area contributed by atoms with Crippen molar-refractivity contribution in [3.63, 3.8) is 0 Å². The van der Waals surface area contributed by atoms with Crippen LogP contribution in [0.3, 0.4) is 0 Å². The fourth-order valence-corrected chi connectivity index (χ4v) is 3.29. The second-order valence-corrected chi connectivity index (χ2v) is 7.09. The molecule has 3 heterocycles. The van der Waals surface area contributed by atoms with Crippen LogP contribution in [0.2, 0.25) is 0 Å². The van der Waals surface area contributed by atoms with Crippen LogP contribution in [0.15, 0.2) is 29.7 Å². The molecule has 1 aliphatic heterocycles. The Labute approximate surface area is 132 Å². The van der Waals surface area contributed by atoms with Crippen molar-refractivity contribution in [1.29, 1.82) is 0 Å². The third-order valence-corrected chi connectivity index (χ3v) is 4.68. The highest BCUT2D eigenvalue weighted by Crippen LogP contribution is 2.28. The van der Waals surface area contributed by atoms with Gasteiger partial charge in [0.2, 0.25) is 0 Å². The number of ether oxygens (including phenoxy) is 1. The molecule has 2 aromatic heterocycles. The van der Waals surface area contributed by atoms with Gasteiger partial charge in [-0.15, -0.1) is 0 Å². The highest BCUT2D eigenvalue weighted by molar-refractivity contribution is 7.90. The van der Waals surface area contributed by atoms with Crippen molar-refractivity contribution >= 4 is 15.7 Å². The normalized spacial score (nSPS) is 18.8. The lowest BCUT2D eigenvalue weighted by Crippen LogP contribution is -2.44. The van der Waals surface area contributed by atoms with Gasteiger partial charge in [-0.05, 0) is 6.07 Å². The fourth-order valence-electron chi connectivity index (χ4n) is 2.47. The monoisotopic (exact) mass is 337 g/mol. The zero-order chi connectivity index (χ0) is 16.4. The highest BCUT2D eigenvalue weighted by atomic mass is 32.2. The number of hydrogen-bond acceptors (Lipinski definition) is 7. The first-order valence-electron chi connectivity index (χ1n) is 6.86. The van der Waals surface area contributed by atoms with Gasteiger partial charge in [0, 0.05) is 19.0 Å². The van der Waals surface area contributed by atoms with Crippen molar-refractivity contribution in [2.24, 2.45) is 0 Å². The van der Waals surface area contributed by atoms with Gasteiger partial charge in [0.05, 0.1) is 31.1 Å². The number of carbonyl (C=O) groups excluding carboxylic acids is 1. The Balaban J connectivity index is 1.97. The third-order valence-electron chi connectivity index (χ3n) is 3.56. The van der Waals surface area contributed by atoms with E-state index in [9.17, 15) is 13.2 Å². The lowest BCUT2D eigenvalue weighted by Gasteiger charge is -2.35. The maximum Gasteiger partial charge on any atom is 0.273 e. The number of carbonyl (C=O) groups is 1. The molecule has 3 rings (SSSR count). The van der Waals surface area contributed by atoms with Crippen LogP contribution in [0, 0.1) is 0 Å². The summed E-state index contributed by atoms with van der Waals surface area (Å²) in [4.78, 5) is 22.0. The third kappa shape index (κ3) is 3.08. The molecule has 0 saturated carbocycles. The first kappa shape index (κ1) is 15.6. The zero-order valence-electron chi connectivity index (χ0n) is 12.3. The summed E-state index contributed by atoms with van der Waals surface area (Å²) in [5.41, 5.74) is 0.585. The van der Waals surface area contributed by atoms with E-state index in [1.807, 2.05) is 0 Å². The lowest BCUT2D eigenvalue weighted by molar-refractivity contribution is -0.00499. The number of aromatic nitrogens is 4. The number of hydrogen-bond donors (Lipinski definition) is 1. The van der Waals surface area contributed by atoms with Crippen molar-refractivity contribution in [3.05, 3.63) is 36.2 Å². The number of H-pyrrole nitrogens is 1. The minimum Gasteiger partial charge on any atom is -0.377 e. The summed E-state index contributed by atoms with van der Waals surface area (Å²) >= 11 is 0. The Bertz CT molecular complexity index is 805. The first-order valence-corrected chi connectivity index (χ1v) is 8.75. The van der Waals surface area contributed by atoms with E-state index in [0.29, 0.717) is 18.8 Å². The smallest absolute Gasteiger partial charge is 0.273 e. The zero-order valence-corrected chi connectivity index (χ0v) is 13.2. The molecule has 9 nitrogen and oxygen atoms in total. The Hall–Kier alpha value is -2.33. The average Bonchev–Trinajstić information content (AvgIpc) is 3.05. The number of morpholine rings is 1. The van der Waals surface area contributed by atoms with E-state index in [0.717, 1.165) is 6.26 Å². The van der Waals surface area contributed by atoms with Gasteiger partial charge in [0.1, 0.15) is 16.9 Å². The van der Waals surface area contributed by atoms with E-state index >= 15 is 0 Å². The number of sulfone groups is 1. The van der Waals surface area contributed by atoms with Crippen molar-refractivity contribution in [2.45, 2.75) is 10.9 Å². The van der Waals surface area contributed by atoms with Gasteiger partial charge in [-0.3, -0.25) is 9.89 Å². The lowest BCUT2D eigenvalue weighted by atomic mass is 10.1. The van der Waals surface area contributed by atoms with Crippen molar-refractivity contribution < 1.29 is 17.9 Å². The largest absolute Gasteiger partial charge is 0.377 e. The van der Waals surface area contributed by atoms with Gasteiger partial charge >= 0.3 is 0 Å². The molecular formula is C13H15N5O4S. The van der Waals surface area contributed by atoms with E-state index in [1.54, 1.807) is 0 Å². The summed E-state index contributed by atoms with van der Waals surface area (Å²) in [6.07, 6.45) is 5.11. The number of nitrogens with zero attached hydrogens (tertiary/aromatic N) is 4. The maximum atomic E-state index is 12.7. The topological polar surface area (TPSA) is 118 Å². The van der Waals surface area contributed by atoms with E-state index < -0.39 is 15.9 Å². The predicted molar refractivity (Wildman–Crippen MR) is 78.3 cm³/mol. The minimum atomic E-state index is -3.47. The first-order chi connectivity index (χ1) is 11.0. The van der Waals surface area contributed by atoms with Crippen molar-refractivity contribution in [1.82, 2.24) is 25.1 Å². The summed E-state index contributed by atoms with van der Waals surface area (Å²) < 4.78 is 29.2. The van der Waals surface area contributed by atoms with Crippen LogP contribution in [0.4, 0.5) is 0 Å². The molecule has 122 valence electrons. The summed E-state index contributed by atoms with van der Waals surface area (Å²) in [6.45, 7) is 0.882. The van der Waals surface area contributed by atoms with Crippen LogP contribution in [0.1, 0.15) is 22.2 Å². The average molecular weight is 337 g/mol. The van der Waals surface area contributed by atoms with E-state index in [1.165, 1.54) is 29.7 Å². The van der Waals surface area contributed by atoms with Gasteiger partial charge in [-0.1, -0.05) is 0 Å². The van der Waals surface area contributed by atoms with E-state index in [-0.39, 0.29) is 23.1 Å². The standard InChI is InChI=1S/C13H15N5O4S/c1-23(20,21)11-6-16-17-12(11)10-7-22-5-4-18(10)13(19)9-2-3-14-8-15-9/h2-3,6,8,10H,4-5,7H2,1H3,(H,16,17)/t10-/m1/s1. The SMILES string of the molecule is CS(=O)(=O)c1cn[nH]c1[C@H]1COCCN1C(=O)c1ccncn1. The minimum absolute atomic E-state index is 0.0634. The quantitative estimate of drug-likeness (QED) is 0.825. The van der Waals surface area contributed by atoms with Crippen molar-refractivity contribution in [2.75, 3.05) is 26.0 Å². The van der Waals surface area contributed by atoms with Crippen LogP contribution in [-0.2, 0) is 14.6 Å². The Morgan fingerprint density at radius 1 is 1.48 bits per heavy atom. The molecule has 0 aliphatic carbocycles. The molecule has 1 amide bonds. The van der Waals surface area contributed by atoms with Gasteiger partial charge in [0.25, 0.3) is 5.91 Å². The summed E-state index contributed by atoms with van der Waals surface area (Å²) in [5.74, 6) is -0.310. The molecule has 0 radical (unpaired) electrons. The molecule has 0 unspecified atom stereocenters. The molecule has 1 N–H and O–H groups in total. The van der Waals surface area contributed by atoms with E-state index in [4.69, 9.17) is 4.74 Å². The molecule has 1 fully saturated rings. The molecule has 10 heteroatoms. The summed E-state index contributed by atoms with van der Waals surface area (Å²) in [6, 6.07) is 0.942. The number of aromatic amines is 1. The van der Waals surface area contributed by atoms with Crippen LogP contribution >= 0.6 is 0 Å². The second-order valence-electron chi connectivity index (χ2n) is 5.10. The molecule has 0 aromatic carbocycles. The summed E-state index contributed by atoms with van der Waals surface area (Å²) in [5, 5.41) is 6.49. The second kappa shape index (κ2) is 6.05. The molecule has 0 spiro atoms. The molecule has 1 aliphatic rings. The van der Waals surface area contributed by atoms with Crippen LogP contribution in [-0.4, -0.2) is 65.4 Å². The summed E-state index contributed by atoms with van der Waals surface area (Å²) in [7, 11) is -3.47. The Kier molecular flexibility index (Phi) is 4.09. The fraction of sp³-hybridized carbons (Fsp3) is 0.385. The predicted octanol–water partition coefficient (Wildman–Crippen LogP) is -0.183. The molecule has 2 aromatic rings. The van der Waals surface area contributed by atoms with Crippen LogP contribution < -0.4 is 0 Å². The van der Waals surface area contributed by atoms with Crippen LogP contribution in [0.25, 0.3) is 0 Å². The molecule has 0 bridgehead atoms. The van der Waals surface area contributed by atoms with Crippen molar-refractivity contribution in [3.8, 4) is 0 Å². The molecule has 23 heavy (non-hydrogen) atoms. The molecule has 1 atom stereocenters. The number of amides is 1. The maximum absolute atomic E-state index is 12.7. The van der Waals surface area contributed by atoms with Crippen LogP contribution in [0.5, 0.6) is 0 Å². The number of rotatable bonds is 3. The molecule has 1 saturated heterocycles. The number of nitrogens with one attached hydrogen (secondary N) is 1.